The molecule has 2 rings (SSSR count). The van der Waals surface area contributed by atoms with E-state index in [9.17, 15) is 4.39 Å². The molecule has 0 aliphatic carbocycles. The van der Waals surface area contributed by atoms with Crippen molar-refractivity contribution in [3.8, 4) is 0 Å². The molecular formula is C11H10ClFN4. The van der Waals surface area contributed by atoms with Crippen LogP contribution in [-0.4, -0.2) is 15.0 Å². The largest absolute Gasteiger partial charge is 0.359 e. The molecule has 0 radical (unpaired) electrons. The molecule has 4 nitrogen and oxygen atoms in total. The van der Waals surface area contributed by atoms with Gasteiger partial charge in [-0.05, 0) is 30.7 Å². The van der Waals surface area contributed by atoms with Crippen LogP contribution in [0.5, 0.6) is 0 Å². The molecule has 0 spiro atoms. The highest BCUT2D eigenvalue weighted by Crippen LogP contribution is 2.18. The lowest BCUT2D eigenvalue weighted by molar-refractivity contribution is 0.613. The van der Waals surface area contributed by atoms with Gasteiger partial charge in [-0.15, -0.1) is 0 Å². The average Bonchev–Trinajstić information content (AvgIpc) is 2.35. The van der Waals surface area contributed by atoms with Crippen LogP contribution in [-0.2, 0) is 0 Å². The van der Waals surface area contributed by atoms with E-state index in [4.69, 9.17) is 11.6 Å². The summed E-state index contributed by atoms with van der Waals surface area (Å²) in [5.41, 5.74) is 0.793. The summed E-state index contributed by atoms with van der Waals surface area (Å²) in [5.74, 6) is -0.472. The summed E-state index contributed by atoms with van der Waals surface area (Å²) in [6.07, 6.45) is 2.71. The van der Waals surface area contributed by atoms with E-state index in [-0.39, 0.29) is 17.1 Å². The van der Waals surface area contributed by atoms with Crippen LogP contribution in [0.15, 0.2) is 30.6 Å². The van der Waals surface area contributed by atoms with Crippen LogP contribution >= 0.6 is 11.6 Å². The minimum atomic E-state index is -0.544. The summed E-state index contributed by atoms with van der Waals surface area (Å²) in [6, 6.07) is 5.36. The Bertz CT molecular complexity index is 506. The normalized spacial score (nSPS) is 12.2. The number of hydrogen-bond donors (Lipinski definition) is 1. The highest BCUT2D eigenvalue weighted by atomic mass is 35.5. The topological polar surface area (TPSA) is 50.7 Å². The monoisotopic (exact) mass is 252 g/mol. The molecule has 1 unspecified atom stereocenters. The Kier molecular flexibility index (Phi) is 3.49. The first-order valence-electron chi connectivity index (χ1n) is 5.02. The molecule has 2 aromatic rings. The van der Waals surface area contributed by atoms with Crippen molar-refractivity contribution < 1.29 is 4.39 Å². The van der Waals surface area contributed by atoms with Crippen molar-refractivity contribution in [1.82, 2.24) is 15.0 Å². The first kappa shape index (κ1) is 11.7. The van der Waals surface area contributed by atoms with E-state index in [0.717, 1.165) is 11.9 Å². The zero-order valence-corrected chi connectivity index (χ0v) is 9.82. The molecule has 2 aromatic heterocycles. The molecular weight excluding hydrogens is 243 g/mol. The summed E-state index contributed by atoms with van der Waals surface area (Å²) in [5, 5.41) is 2.90. The van der Waals surface area contributed by atoms with Gasteiger partial charge in [0.2, 0.25) is 5.28 Å². The standard InChI is InChI=1S/C11H10ClFN4/c1-7(9-4-2-3-5-14-9)16-10-8(13)6-15-11(12)17-10/h2-7H,1H3,(H,15,16,17). The molecule has 0 saturated heterocycles. The van der Waals surface area contributed by atoms with Crippen LogP contribution in [0.3, 0.4) is 0 Å². The van der Waals surface area contributed by atoms with Gasteiger partial charge in [-0.1, -0.05) is 6.07 Å². The minimum Gasteiger partial charge on any atom is -0.359 e. The van der Waals surface area contributed by atoms with Gasteiger partial charge in [0, 0.05) is 6.20 Å². The Balaban J connectivity index is 2.18. The van der Waals surface area contributed by atoms with E-state index in [2.05, 4.69) is 20.3 Å². The van der Waals surface area contributed by atoms with E-state index in [1.165, 1.54) is 0 Å². The second-order valence-electron chi connectivity index (χ2n) is 3.46. The fraction of sp³-hybridized carbons (Fsp3) is 0.182. The maximum Gasteiger partial charge on any atom is 0.224 e. The quantitative estimate of drug-likeness (QED) is 0.854. The van der Waals surface area contributed by atoms with Crippen molar-refractivity contribution in [2.75, 3.05) is 5.32 Å². The molecule has 0 bridgehead atoms. The summed E-state index contributed by atoms with van der Waals surface area (Å²) < 4.78 is 13.4. The molecule has 0 aliphatic rings. The van der Waals surface area contributed by atoms with Crippen LogP contribution in [0.2, 0.25) is 5.28 Å². The van der Waals surface area contributed by atoms with E-state index < -0.39 is 5.82 Å². The Labute approximate surface area is 103 Å². The lowest BCUT2D eigenvalue weighted by Gasteiger charge is -2.14. The van der Waals surface area contributed by atoms with Gasteiger partial charge in [-0.3, -0.25) is 4.98 Å². The molecule has 1 atom stereocenters. The van der Waals surface area contributed by atoms with Crippen LogP contribution in [0, 0.1) is 5.82 Å². The second-order valence-corrected chi connectivity index (χ2v) is 3.79. The van der Waals surface area contributed by atoms with Gasteiger partial charge in [-0.2, -0.15) is 4.98 Å². The van der Waals surface area contributed by atoms with Crippen LogP contribution in [0.1, 0.15) is 18.7 Å². The average molecular weight is 253 g/mol. The van der Waals surface area contributed by atoms with Crippen molar-refractivity contribution in [3.05, 3.63) is 47.4 Å². The number of aromatic nitrogens is 3. The van der Waals surface area contributed by atoms with Gasteiger partial charge in [0.1, 0.15) is 0 Å². The molecule has 17 heavy (non-hydrogen) atoms. The third-order valence-electron chi connectivity index (χ3n) is 2.20. The molecule has 0 amide bonds. The van der Waals surface area contributed by atoms with Crippen molar-refractivity contribution >= 4 is 17.4 Å². The maximum atomic E-state index is 13.4. The molecule has 6 heteroatoms. The molecule has 88 valence electrons. The number of nitrogens with zero attached hydrogens (tertiary/aromatic N) is 3. The molecule has 0 aromatic carbocycles. The third-order valence-corrected chi connectivity index (χ3v) is 2.38. The van der Waals surface area contributed by atoms with Gasteiger partial charge in [-0.25, -0.2) is 9.37 Å². The first-order chi connectivity index (χ1) is 8.16. The maximum absolute atomic E-state index is 13.4. The predicted molar refractivity (Wildman–Crippen MR) is 63.3 cm³/mol. The van der Waals surface area contributed by atoms with Crippen LogP contribution in [0.25, 0.3) is 0 Å². The highest BCUT2D eigenvalue weighted by Gasteiger charge is 2.11. The number of halogens is 2. The second kappa shape index (κ2) is 5.05. The zero-order chi connectivity index (χ0) is 12.3. The summed E-state index contributed by atoms with van der Waals surface area (Å²) in [4.78, 5) is 11.5. The minimum absolute atomic E-state index is 0.00196. The van der Waals surface area contributed by atoms with Crippen molar-refractivity contribution in [2.24, 2.45) is 0 Å². The number of hydrogen-bond acceptors (Lipinski definition) is 4. The van der Waals surface area contributed by atoms with E-state index in [1.54, 1.807) is 6.20 Å². The van der Waals surface area contributed by atoms with E-state index in [0.29, 0.717) is 0 Å². The van der Waals surface area contributed by atoms with Gasteiger partial charge >= 0.3 is 0 Å². The molecule has 0 aliphatic heterocycles. The third kappa shape index (κ3) is 2.88. The van der Waals surface area contributed by atoms with Gasteiger partial charge in [0.25, 0.3) is 0 Å². The van der Waals surface area contributed by atoms with Gasteiger partial charge in [0.15, 0.2) is 11.6 Å². The summed E-state index contributed by atoms with van der Waals surface area (Å²) >= 11 is 5.60. The van der Waals surface area contributed by atoms with Crippen molar-refractivity contribution in [3.63, 3.8) is 0 Å². The fourth-order valence-electron chi connectivity index (χ4n) is 1.36. The molecule has 2 heterocycles. The Hall–Kier alpha value is -1.75. The number of rotatable bonds is 3. The van der Waals surface area contributed by atoms with Crippen LogP contribution < -0.4 is 5.32 Å². The number of nitrogens with one attached hydrogen (secondary N) is 1. The SMILES string of the molecule is CC(Nc1nc(Cl)ncc1F)c1ccccn1. The lowest BCUT2D eigenvalue weighted by Crippen LogP contribution is -2.11. The lowest BCUT2D eigenvalue weighted by atomic mass is 10.2. The van der Waals surface area contributed by atoms with Crippen LogP contribution in [0.4, 0.5) is 10.2 Å². The Morgan fingerprint density at radius 1 is 1.35 bits per heavy atom. The highest BCUT2D eigenvalue weighted by molar-refractivity contribution is 6.28. The molecule has 1 N–H and O–H groups in total. The van der Waals surface area contributed by atoms with Crippen molar-refractivity contribution in [1.29, 1.82) is 0 Å². The first-order valence-corrected chi connectivity index (χ1v) is 5.40. The molecule has 0 saturated carbocycles. The molecule has 0 fully saturated rings. The van der Waals surface area contributed by atoms with Crippen molar-refractivity contribution in [2.45, 2.75) is 13.0 Å². The number of anilines is 1. The van der Waals surface area contributed by atoms with E-state index in [1.807, 2.05) is 25.1 Å². The Morgan fingerprint density at radius 2 is 2.18 bits per heavy atom. The Morgan fingerprint density at radius 3 is 2.88 bits per heavy atom. The van der Waals surface area contributed by atoms with Gasteiger partial charge in [0.05, 0.1) is 17.9 Å². The smallest absolute Gasteiger partial charge is 0.224 e. The van der Waals surface area contributed by atoms with E-state index >= 15 is 0 Å². The zero-order valence-electron chi connectivity index (χ0n) is 9.06. The summed E-state index contributed by atoms with van der Waals surface area (Å²) in [6.45, 7) is 1.86. The number of pyridine rings is 1. The summed E-state index contributed by atoms with van der Waals surface area (Å²) in [7, 11) is 0. The fourth-order valence-corrected chi connectivity index (χ4v) is 1.49. The van der Waals surface area contributed by atoms with Gasteiger partial charge < -0.3 is 5.32 Å². The predicted octanol–water partition coefficient (Wildman–Crippen LogP) is 2.84.